The smallest absolute Gasteiger partial charge is 0.180 e. The summed E-state index contributed by atoms with van der Waals surface area (Å²) >= 11 is 1.95. The molecule has 0 aliphatic carbocycles. The van der Waals surface area contributed by atoms with E-state index in [1.807, 2.05) is 23.9 Å². The van der Waals surface area contributed by atoms with Crippen LogP contribution in [0.3, 0.4) is 0 Å². The van der Waals surface area contributed by atoms with E-state index in [9.17, 15) is 8.42 Å². The van der Waals surface area contributed by atoms with Crippen LogP contribution < -0.4 is 5.32 Å². The Hall–Kier alpha value is -0.720. The molecule has 2 unspecified atom stereocenters. The van der Waals surface area contributed by atoms with Crippen LogP contribution in [0.25, 0.3) is 0 Å². The van der Waals surface area contributed by atoms with E-state index < -0.39 is 9.84 Å². The van der Waals surface area contributed by atoms with Crippen molar-refractivity contribution in [3.8, 4) is 0 Å². The second kappa shape index (κ2) is 6.42. The predicted octanol–water partition coefficient (Wildman–Crippen LogP) is 2.95. The standard InChI is InChI=1S/C16H23NO3S2/c1-2-22(18,19)15-6-4-3-5-14(15)17-13-7-9-20-16(11-13)8-10-21-12-16/h3-6,13,17H,2,7-12H2,1H3. The van der Waals surface area contributed by atoms with Gasteiger partial charge in [0.15, 0.2) is 9.84 Å². The molecule has 0 amide bonds. The maximum Gasteiger partial charge on any atom is 0.180 e. The first-order valence-corrected chi connectivity index (χ1v) is 10.7. The Kier molecular flexibility index (Phi) is 4.71. The minimum absolute atomic E-state index is 0.000835. The summed E-state index contributed by atoms with van der Waals surface area (Å²) in [5, 5.41) is 3.47. The summed E-state index contributed by atoms with van der Waals surface area (Å²) in [7, 11) is -3.21. The summed E-state index contributed by atoms with van der Waals surface area (Å²) in [6, 6.07) is 7.51. The number of rotatable bonds is 4. The van der Waals surface area contributed by atoms with Gasteiger partial charge >= 0.3 is 0 Å². The molecule has 0 bridgehead atoms. The Bertz CT molecular complexity index is 624. The first kappa shape index (κ1) is 16.1. The molecule has 2 aliphatic heterocycles. The molecule has 0 radical (unpaired) electrons. The molecule has 122 valence electrons. The third-order valence-corrected chi connectivity index (χ3v) is 7.53. The molecule has 1 spiro atoms. The van der Waals surface area contributed by atoms with Gasteiger partial charge in [-0.05, 0) is 37.1 Å². The molecule has 0 saturated carbocycles. The summed E-state index contributed by atoms with van der Waals surface area (Å²) in [6.45, 7) is 2.44. The van der Waals surface area contributed by atoms with Crippen LogP contribution in [0.2, 0.25) is 0 Å². The van der Waals surface area contributed by atoms with Crippen LogP contribution in [0.15, 0.2) is 29.2 Å². The molecule has 1 aromatic carbocycles. The van der Waals surface area contributed by atoms with Crippen molar-refractivity contribution in [3.63, 3.8) is 0 Å². The maximum absolute atomic E-state index is 12.2. The summed E-state index contributed by atoms with van der Waals surface area (Å²) in [5.74, 6) is 2.34. The molecule has 2 saturated heterocycles. The summed E-state index contributed by atoms with van der Waals surface area (Å²) in [5.41, 5.74) is 0.733. The van der Waals surface area contributed by atoms with Gasteiger partial charge in [0, 0.05) is 18.4 Å². The van der Waals surface area contributed by atoms with Crippen molar-refractivity contribution in [1.29, 1.82) is 0 Å². The van der Waals surface area contributed by atoms with Crippen molar-refractivity contribution in [2.45, 2.75) is 42.7 Å². The van der Waals surface area contributed by atoms with Crippen LogP contribution in [0.4, 0.5) is 5.69 Å². The first-order chi connectivity index (χ1) is 10.5. The Morgan fingerprint density at radius 1 is 1.41 bits per heavy atom. The van der Waals surface area contributed by atoms with Crippen molar-refractivity contribution >= 4 is 27.3 Å². The zero-order valence-electron chi connectivity index (χ0n) is 12.9. The second-order valence-electron chi connectivity index (χ2n) is 6.07. The highest BCUT2D eigenvalue weighted by molar-refractivity contribution is 7.99. The van der Waals surface area contributed by atoms with Crippen LogP contribution in [0.5, 0.6) is 0 Å². The van der Waals surface area contributed by atoms with E-state index >= 15 is 0 Å². The summed E-state index contributed by atoms with van der Waals surface area (Å²) in [4.78, 5) is 0.416. The highest BCUT2D eigenvalue weighted by Gasteiger charge is 2.40. The number of thioether (sulfide) groups is 1. The molecule has 6 heteroatoms. The van der Waals surface area contributed by atoms with Gasteiger partial charge in [-0.1, -0.05) is 19.1 Å². The van der Waals surface area contributed by atoms with Crippen LogP contribution in [0, 0.1) is 0 Å². The zero-order valence-corrected chi connectivity index (χ0v) is 14.5. The molecule has 2 fully saturated rings. The SMILES string of the molecule is CCS(=O)(=O)c1ccccc1NC1CCOC2(CCSC2)C1. The average Bonchev–Trinajstić information content (AvgIpc) is 2.95. The molecule has 2 heterocycles. The van der Waals surface area contributed by atoms with E-state index in [1.54, 1.807) is 19.1 Å². The van der Waals surface area contributed by atoms with E-state index in [0.29, 0.717) is 4.90 Å². The summed E-state index contributed by atoms with van der Waals surface area (Å²) < 4.78 is 30.5. The third-order valence-electron chi connectivity index (χ3n) is 4.52. The minimum Gasteiger partial charge on any atom is -0.381 e. The largest absolute Gasteiger partial charge is 0.381 e. The van der Waals surface area contributed by atoms with E-state index in [1.165, 1.54) is 0 Å². The van der Waals surface area contributed by atoms with E-state index in [-0.39, 0.29) is 17.4 Å². The van der Waals surface area contributed by atoms with Crippen molar-refractivity contribution < 1.29 is 13.2 Å². The van der Waals surface area contributed by atoms with Gasteiger partial charge in [-0.2, -0.15) is 11.8 Å². The normalized spacial score (nSPS) is 28.9. The molecule has 0 aromatic heterocycles. The number of hydrogen-bond donors (Lipinski definition) is 1. The Morgan fingerprint density at radius 2 is 2.23 bits per heavy atom. The van der Waals surface area contributed by atoms with Crippen molar-refractivity contribution in [1.82, 2.24) is 0 Å². The monoisotopic (exact) mass is 341 g/mol. The number of nitrogens with one attached hydrogen (secondary N) is 1. The van der Waals surface area contributed by atoms with E-state index in [2.05, 4.69) is 5.32 Å². The average molecular weight is 341 g/mol. The Labute approximate surface area is 136 Å². The van der Waals surface area contributed by atoms with Gasteiger partial charge in [0.1, 0.15) is 0 Å². The lowest BCUT2D eigenvalue weighted by molar-refractivity contribution is -0.0628. The summed E-state index contributed by atoms with van der Waals surface area (Å²) in [6.07, 6.45) is 2.98. The van der Waals surface area contributed by atoms with E-state index in [4.69, 9.17) is 4.74 Å². The number of sulfone groups is 1. The Balaban J connectivity index is 1.79. The lowest BCUT2D eigenvalue weighted by Crippen LogP contribution is -2.44. The molecule has 22 heavy (non-hydrogen) atoms. The van der Waals surface area contributed by atoms with Gasteiger partial charge in [0.25, 0.3) is 0 Å². The number of anilines is 1. The number of para-hydroxylation sites is 1. The highest BCUT2D eigenvalue weighted by Crippen LogP contribution is 2.39. The predicted molar refractivity (Wildman–Crippen MR) is 91.4 cm³/mol. The number of ether oxygens (including phenoxy) is 1. The van der Waals surface area contributed by atoms with Gasteiger partial charge in [-0.3, -0.25) is 0 Å². The fourth-order valence-corrected chi connectivity index (χ4v) is 5.68. The third kappa shape index (κ3) is 3.29. The van der Waals surface area contributed by atoms with Gasteiger partial charge in [-0.25, -0.2) is 8.42 Å². The molecule has 1 N–H and O–H groups in total. The van der Waals surface area contributed by atoms with Crippen LogP contribution >= 0.6 is 11.8 Å². The molecular weight excluding hydrogens is 318 g/mol. The van der Waals surface area contributed by atoms with Crippen LogP contribution in [-0.4, -0.2) is 43.9 Å². The highest BCUT2D eigenvalue weighted by atomic mass is 32.2. The maximum atomic E-state index is 12.2. The van der Waals surface area contributed by atoms with Crippen LogP contribution in [0.1, 0.15) is 26.2 Å². The molecule has 3 rings (SSSR count). The lowest BCUT2D eigenvalue weighted by Gasteiger charge is -2.38. The molecular formula is C16H23NO3S2. The van der Waals surface area contributed by atoms with Gasteiger partial charge in [-0.15, -0.1) is 0 Å². The quantitative estimate of drug-likeness (QED) is 0.912. The van der Waals surface area contributed by atoms with E-state index in [0.717, 1.165) is 43.1 Å². The first-order valence-electron chi connectivity index (χ1n) is 7.85. The molecule has 2 atom stereocenters. The van der Waals surface area contributed by atoms with Crippen molar-refractivity contribution in [2.24, 2.45) is 0 Å². The lowest BCUT2D eigenvalue weighted by atomic mass is 9.90. The topological polar surface area (TPSA) is 55.4 Å². The molecule has 1 aromatic rings. The van der Waals surface area contributed by atoms with Gasteiger partial charge in [0.05, 0.1) is 21.9 Å². The van der Waals surface area contributed by atoms with Gasteiger partial charge < -0.3 is 10.1 Å². The van der Waals surface area contributed by atoms with Gasteiger partial charge in [0.2, 0.25) is 0 Å². The molecule has 4 nitrogen and oxygen atoms in total. The molecule has 2 aliphatic rings. The minimum atomic E-state index is -3.21. The number of benzene rings is 1. The Morgan fingerprint density at radius 3 is 2.95 bits per heavy atom. The van der Waals surface area contributed by atoms with Crippen LogP contribution in [-0.2, 0) is 14.6 Å². The number of hydrogen-bond acceptors (Lipinski definition) is 5. The fourth-order valence-electron chi connectivity index (χ4n) is 3.25. The zero-order chi connectivity index (χ0) is 15.6. The second-order valence-corrected chi connectivity index (χ2v) is 9.42. The fraction of sp³-hybridized carbons (Fsp3) is 0.625. The van der Waals surface area contributed by atoms with Crippen molar-refractivity contribution in [3.05, 3.63) is 24.3 Å². The van der Waals surface area contributed by atoms with Crippen molar-refractivity contribution in [2.75, 3.05) is 29.2 Å².